The van der Waals surface area contributed by atoms with Crippen LogP contribution in [0.1, 0.15) is 18.9 Å². The largest absolute Gasteiger partial charge is 0.398 e. The highest BCUT2D eigenvalue weighted by Crippen LogP contribution is 2.26. The Balaban J connectivity index is 2.04. The van der Waals surface area contributed by atoms with Crippen LogP contribution >= 0.6 is 15.9 Å². The third kappa shape index (κ3) is 3.00. The van der Waals surface area contributed by atoms with Gasteiger partial charge in [0.1, 0.15) is 0 Å². The lowest BCUT2D eigenvalue weighted by Crippen LogP contribution is -2.42. The van der Waals surface area contributed by atoms with E-state index in [0.29, 0.717) is 5.92 Å². The van der Waals surface area contributed by atoms with E-state index in [1.165, 1.54) is 5.56 Å². The van der Waals surface area contributed by atoms with Crippen LogP contribution in [0.2, 0.25) is 0 Å². The van der Waals surface area contributed by atoms with Crippen LogP contribution in [0, 0.1) is 5.92 Å². The number of hydrogen-bond acceptors (Lipinski definition) is 3. The predicted molar refractivity (Wildman–Crippen MR) is 73.6 cm³/mol. The number of nitrogen functional groups attached to an aromatic ring is 1. The average Bonchev–Trinajstić information content (AvgIpc) is 2.30. The smallest absolute Gasteiger partial charge is 0.0693 e. The van der Waals surface area contributed by atoms with E-state index in [1.54, 1.807) is 0 Å². The van der Waals surface area contributed by atoms with Gasteiger partial charge in [0.25, 0.3) is 0 Å². The van der Waals surface area contributed by atoms with Crippen LogP contribution in [-0.4, -0.2) is 29.2 Å². The van der Waals surface area contributed by atoms with Gasteiger partial charge >= 0.3 is 0 Å². The van der Waals surface area contributed by atoms with E-state index >= 15 is 0 Å². The van der Waals surface area contributed by atoms with Gasteiger partial charge in [0, 0.05) is 23.2 Å². The Labute approximate surface area is 111 Å². The van der Waals surface area contributed by atoms with Gasteiger partial charge in [-0.15, -0.1) is 0 Å². The first-order chi connectivity index (χ1) is 8.08. The Morgan fingerprint density at radius 2 is 2.29 bits per heavy atom. The Hall–Kier alpha value is -0.580. The summed E-state index contributed by atoms with van der Waals surface area (Å²) in [5.41, 5.74) is 7.82. The maximum atomic E-state index is 9.87. The van der Waals surface area contributed by atoms with Crippen molar-refractivity contribution in [2.75, 3.05) is 18.8 Å². The Morgan fingerprint density at radius 3 is 3.00 bits per heavy atom. The summed E-state index contributed by atoms with van der Waals surface area (Å²) in [6.07, 6.45) is 0.852. The highest BCUT2D eigenvalue weighted by Gasteiger charge is 2.24. The minimum Gasteiger partial charge on any atom is -0.398 e. The molecule has 1 saturated heterocycles. The number of aliphatic hydroxyl groups is 1. The first-order valence-corrected chi connectivity index (χ1v) is 6.80. The highest BCUT2D eigenvalue weighted by molar-refractivity contribution is 9.10. The minimum atomic E-state index is -0.205. The molecule has 1 aliphatic heterocycles. The van der Waals surface area contributed by atoms with E-state index in [-0.39, 0.29) is 6.10 Å². The van der Waals surface area contributed by atoms with Gasteiger partial charge in [0.15, 0.2) is 0 Å². The number of hydrogen-bond donors (Lipinski definition) is 2. The zero-order chi connectivity index (χ0) is 12.4. The summed E-state index contributed by atoms with van der Waals surface area (Å²) >= 11 is 3.52. The third-order valence-corrected chi connectivity index (χ3v) is 4.47. The second-order valence-corrected chi connectivity index (χ2v) is 5.68. The third-order valence-electron chi connectivity index (χ3n) is 3.51. The van der Waals surface area contributed by atoms with Crippen molar-refractivity contribution in [1.29, 1.82) is 0 Å². The number of likely N-dealkylation sites (tertiary alicyclic amines) is 1. The van der Waals surface area contributed by atoms with Gasteiger partial charge in [-0.25, -0.2) is 0 Å². The van der Waals surface area contributed by atoms with Crippen molar-refractivity contribution in [2.45, 2.75) is 26.0 Å². The first-order valence-electron chi connectivity index (χ1n) is 6.01. The predicted octanol–water partition coefficient (Wildman–Crippen LogP) is 2.23. The summed E-state index contributed by atoms with van der Waals surface area (Å²) < 4.78 is 0.980. The fourth-order valence-electron chi connectivity index (χ4n) is 2.22. The molecule has 1 fully saturated rings. The molecule has 3 nitrogen and oxygen atoms in total. The number of nitrogens with two attached hydrogens (primary N) is 1. The number of aliphatic hydroxyl groups excluding tert-OH is 1. The standard InChI is InChI=1S/C13H19BrN2O/c1-9-5-6-16(8-12(9)17)7-10-3-2-4-11(15)13(10)14/h2-4,9,12,17H,5-8,15H2,1H3. The Morgan fingerprint density at radius 1 is 1.53 bits per heavy atom. The zero-order valence-electron chi connectivity index (χ0n) is 10.1. The summed E-state index contributed by atoms with van der Waals surface area (Å²) in [4.78, 5) is 2.28. The Kier molecular flexibility index (Phi) is 4.07. The molecule has 0 bridgehead atoms. The molecule has 1 aliphatic rings. The van der Waals surface area contributed by atoms with E-state index < -0.39 is 0 Å². The van der Waals surface area contributed by atoms with Crippen LogP contribution in [0.15, 0.2) is 22.7 Å². The molecule has 0 aliphatic carbocycles. The van der Waals surface area contributed by atoms with Gasteiger partial charge in [-0.1, -0.05) is 19.1 Å². The maximum Gasteiger partial charge on any atom is 0.0693 e. The molecule has 94 valence electrons. The molecule has 0 aromatic heterocycles. The van der Waals surface area contributed by atoms with Crippen molar-refractivity contribution >= 4 is 21.6 Å². The summed E-state index contributed by atoms with van der Waals surface area (Å²) in [5.74, 6) is 0.413. The number of β-amino-alcohol motifs (C(OH)–C–C–N with tert-alkyl or cyclic N) is 1. The summed E-state index contributed by atoms with van der Waals surface area (Å²) in [5, 5.41) is 9.87. The minimum absolute atomic E-state index is 0.205. The van der Waals surface area contributed by atoms with Gasteiger partial charge < -0.3 is 10.8 Å². The van der Waals surface area contributed by atoms with Crippen LogP contribution in [0.3, 0.4) is 0 Å². The molecule has 3 N–H and O–H groups in total. The molecule has 1 aromatic rings. The summed E-state index contributed by atoms with van der Waals surface area (Å²) in [7, 11) is 0. The number of rotatable bonds is 2. The van der Waals surface area contributed by atoms with Gasteiger partial charge in [0.2, 0.25) is 0 Å². The average molecular weight is 299 g/mol. The van der Waals surface area contributed by atoms with Crippen LogP contribution in [-0.2, 0) is 6.54 Å². The molecule has 1 aromatic carbocycles. The van der Waals surface area contributed by atoms with E-state index in [0.717, 1.165) is 36.2 Å². The molecule has 0 saturated carbocycles. The molecule has 0 amide bonds. The van der Waals surface area contributed by atoms with Gasteiger partial charge in [-0.05, 0) is 46.4 Å². The molecule has 0 spiro atoms. The normalized spacial score (nSPS) is 26.1. The highest BCUT2D eigenvalue weighted by atomic mass is 79.9. The molecule has 0 radical (unpaired) electrons. The van der Waals surface area contributed by atoms with Crippen molar-refractivity contribution in [3.8, 4) is 0 Å². The lowest BCUT2D eigenvalue weighted by molar-refractivity contribution is 0.0258. The molecule has 2 unspecified atom stereocenters. The second-order valence-electron chi connectivity index (χ2n) is 4.89. The van der Waals surface area contributed by atoms with Crippen molar-refractivity contribution in [1.82, 2.24) is 4.90 Å². The van der Waals surface area contributed by atoms with E-state index in [2.05, 4.69) is 33.8 Å². The van der Waals surface area contributed by atoms with Crippen LogP contribution in [0.4, 0.5) is 5.69 Å². The lowest BCUT2D eigenvalue weighted by Gasteiger charge is -2.34. The fourth-order valence-corrected chi connectivity index (χ4v) is 2.61. The quantitative estimate of drug-likeness (QED) is 0.823. The van der Waals surface area contributed by atoms with Gasteiger partial charge in [0.05, 0.1) is 6.10 Å². The van der Waals surface area contributed by atoms with E-state index in [1.807, 2.05) is 12.1 Å². The monoisotopic (exact) mass is 298 g/mol. The number of halogens is 1. The lowest BCUT2D eigenvalue weighted by atomic mass is 9.96. The molecule has 17 heavy (non-hydrogen) atoms. The molecule has 1 heterocycles. The van der Waals surface area contributed by atoms with Gasteiger partial charge in [-0.2, -0.15) is 0 Å². The molecule has 2 rings (SSSR count). The van der Waals surface area contributed by atoms with Crippen molar-refractivity contribution in [3.63, 3.8) is 0 Å². The zero-order valence-corrected chi connectivity index (χ0v) is 11.7. The maximum absolute atomic E-state index is 9.87. The summed E-state index contributed by atoms with van der Waals surface area (Å²) in [6, 6.07) is 5.93. The van der Waals surface area contributed by atoms with E-state index in [9.17, 15) is 5.11 Å². The SMILES string of the molecule is CC1CCN(Cc2cccc(N)c2Br)CC1O. The number of nitrogens with zero attached hydrogens (tertiary/aromatic N) is 1. The van der Waals surface area contributed by atoms with Crippen molar-refractivity contribution in [2.24, 2.45) is 5.92 Å². The van der Waals surface area contributed by atoms with Crippen LogP contribution in [0.5, 0.6) is 0 Å². The Bertz CT molecular complexity index is 397. The first kappa shape index (κ1) is 12.9. The number of anilines is 1. The topological polar surface area (TPSA) is 49.5 Å². The molecular formula is C13H19BrN2O. The van der Waals surface area contributed by atoms with Crippen LogP contribution in [0.25, 0.3) is 0 Å². The van der Waals surface area contributed by atoms with E-state index in [4.69, 9.17) is 5.73 Å². The fraction of sp³-hybridized carbons (Fsp3) is 0.538. The molecule has 2 atom stereocenters. The summed E-state index contributed by atoms with van der Waals surface area (Å²) in [6.45, 7) is 4.75. The van der Waals surface area contributed by atoms with Gasteiger partial charge in [-0.3, -0.25) is 4.90 Å². The number of piperidine rings is 1. The second kappa shape index (κ2) is 5.38. The number of benzene rings is 1. The molecule has 4 heteroatoms. The van der Waals surface area contributed by atoms with Crippen LogP contribution < -0.4 is 5.73 Å². The van der Waals surface area contributed by atoms with Crippen molar-refractivity contribution < 1.29 is 5.11 Å². The van der Waals surface area contributed by atoms with Crippen molar-refractivity contribution in [3.05, 3.63) is 28.2 Å². The molecular weight excluding hydrogens is 280 g/mol.